The van der Waals surface area contributed by atoms with Crippen molar-refractivity contribution in [2.24, 2.45) is 30.7 Å². The first-order valence-electron chi connectivity index (χ1n) is 13.6. The fourth-order valence-electron chi connectivity index (χ4n) is 4.69. The largest absolute Gasteiger partial charge is 0.388 e. The lowest BCUT2D eigenvalue weighted by Gasteiger charge is -2.07. The molecule has 6 rings (SSSR count). The van der Waals surface area contributed by atoms with E-state index in [0.717, 1.165) is 67.0 Å². The predicted molar refractivity (Wildman–Crippen MR) is 172 cm³/mol. The second kappa shape index (κ2) is 12.2. The van der Waals surface area contributed by atoms with Crippen LogP contribution in [0.15, 0.2) is 152 Å². The molecule has 6 aromatic carbocycles. The predicted octanol–water partition coefficient (Wildman–Crippen LogP) is 11.3. The van der Waals surface area contributed by atoms with Gasteiger partial charge in [-0.05, 0) is 72.8 Å². The molecule has 0 saturated carbocycles. The van der Waals surface area contributed by atoms with Crippen molar-refractivity contribution in [1.82, 2.24) is 0 Å². The van der Waals surface area contributed by atoms with Gasteiger partial charge in [-0.15, -0.1) is 10.2 Å². The van der Waals surface area contributed by atoms with E-state index < -0.39 is 0 Å². The lowest BCUT2D eigenvalue weighted by atomic mass is 10.1. The van der Waals surface area contributed by atoms with Crippen molar-refractivity contribution >= 4 is 67.0 Å². The topological polar surface area (TPSA) is 98.2 Å². The molecule has 0 atom stereocenters. The maximum absolute atomic E-state index is 4.49. The van der Waals surface area contributed by atoms with Gasteiger partial charge in [0.2, 0.25) is 0 Å². The molecule has 0 spiro atoms. The van der Waals surface area contributed by atoms with Gasteiger partial charge in [-0.3, -0.25) is 0 Å². The molecule has 42 heavy (non-hydrogen) atoms. The Hall–Kier alpha value is -5.76. The molecular weight excluding hydrogens is 520 g/mol. The van der Waals surface area contributed by atoms with Crippen molar-refractivity contribution in [2.45, 2.75) is 0 Å². The van der Waals surface area contributed by atoms with E-state index in [2.05, 4.69) is 53.5 Å². The third-order valence-corrected chi connectivity index (χ3v) is 6.87. The van der Waals surface area contributed by atoms with Crippen LogP contribution in [-0.4, -0.2) is 14.1 Å². The summed E-state index contributed by atoms with van der Waals surface area (Å²) in [4.78, 5) is 0. The summed E-state index contributed by atoms with van der Waals surface area (Å²) < 4.78 is 0. The van der Waals surface area contributed by atoms with E-state index in [1.165, 1.54) is 0 Å². The van der Waals surface area contributed by atoms with Crippen LogP contribution >= 0.6 is 0 Å². The summed E-state index contributed by atoms with van der Waals surface area (Å²) >= 11 is 0. The molecule has 2 N–H and O–H groups in total. The van der Waals surface area contributed by atoms with Gasteiger partial charge < -0.3 is 10.6 Å². The minimum absolute atomic E-state index is 0.721. The highest BCUT2D eigenvalue weighted by Crippen LogP contribution is 2.34. The summed E-state index contributed by atoms with van der Waals surface area (Å²) in [5.41, 5.74) is 6.66. The Morgan fingerprint density at radius 3 is 0.976 bits per heavy atom. The Kier molecular flexibility index (Phi) is 7.67. The van der Waals surface area contributed by atoms with Crippen molar-refractivity contribution in [3.05, 3.63) is 121 Å². The second-order valence-electron chi connectivity index (χ2n) is 9.49. The normalized spacial score (nSPS) is 11.8. The van der Waals surface area contributed by atoms with Gasteiger partial charge in [0, 0.05) is 47.0 Å². The lowest BCUT2D eigenvalue weighted by molar-refractivity contribution is 1.21. The molecule has 0 bridgehead atoms. The van der Waals surface area contributed by atoms with Crippen LogP contribution in [0.4, 0.5) is 45.5 Å². The molecule has 0 unspecified atom stereocenters. The fraction of sp³-hybridized carbons (Fsp3) is 0.0588. The SMILES string of the molecule is CNc1ccc(N=Nc2ccc(/N=N/c3ccc(N=Nc4ccc(NC)c5ccccc45)cc3)cc2)c2ccccc12. The maximum atomic E-state index is 4.49. The summed E-state index contributed by atoms with van der Waals surface area (Å²) in [5.74, 6) is 0. The van der Waals surface area contributed by atoms with E-state index in [4.69, 9.17) is 0 Å². The van der Waals surface area contributed by atoms with Gasteiger partial charge >= 0.3 is 0 Å². The molecule has 0 aromatic heterocycles. The summed E-state index contributed by atoms with van der Waals surface area (Å²) in [7, 11) is 3.83. The molecule has 0 fully saturated rings. The maximum Gasteiger partial charge on any atom is 0.0936 e. The Labute approximate surface area is 243 Å². The Balaban J connectivity index is 1.12. The molecule has 8 nitrogen and oxygen atoms in total. The van der Waals surface area contributed by atoms with Crippen LogP contribution in [0.25, 0.3) is 21.5 Å². The van der Waals surface area contributed by atoms with Gasteiger partial charge in [-0.25, -0.2) is 0 Å². The van der Waals surface area contributed by atoms with E-state index in [0.29, 0.717) is 0 Å². The number of hydrogen-bond donors (Lipinski definition) is 2. The molecule has 0 aliphatic carbocycles. The monoisotopic (exact) mass is 548 g/mol. The Morgan fingerprint density at radius 2 is 0.643 bits per heavy atom. The minimum Gasteiger partial charge on any atom is -0.388 e. The van der Waals surface area contributed by atoms with Crippen molar-refractivity contribution in [3.8, 4) is 0 Å². The molecule has 6 aromatic rings. The molecule has 0 saturated heterocycles. The van der Waals surface area contributed by atoms with Gasteiger partial charge in [0.1, 0.15) is 0 Å². The van der Waals surface area contributed by atoms with Crippen LogP contribution in [-0.2, 0) is 0 Å². The van der Waals surface area contributed by atoms with Crippen molar-refractivity contribution in [1.29, 1.82) is 0 Å². The van der Waals surface area contributed by atoms with Gasteiger partial charge in [0.25, 0.3) is 0 Å². The minimum atomic E-state index is 0.721. The van der Waals surface area contributed by atoms with Crippen LogP contribution in [0.5, 0.6) is 0 Å². The molecule has 0 amide bonds. The first kappa shape index (κ1) is 26.5. The lowest BCUT2D eigenvalue weighted by Crippen LogP contribution is -1.88. The third kappa shape index (κ3) is 5.73. The third-order valence-electron chi connectivity index (χ3n) is 6.87. The standard InChI is InChI=1S/C34H28N8/c1-35-31-19-21-33(29-9-5-3-7-27(29)31)41-39-25-15-11-23(12-16-25)37-38-24-13-17-26(18-14-24)40-42-34-22-20-32(36-2)28-8-4-6-10-30(28)34/h3-22,35-36H,1-2H3/b38-37+,41-39?,42-40?. The Morgan fingerprint density at radius 1 is 0.333 bits per heavy atom. The van der Waals surface area contributed by atoms with E-state index in [9.17, 15) is 0 Å². The first-order chi connectivity index (χ1) is 20.7. The zero-order valence-electron chi connectivity index (χ0n) is 23.2. The number of nitrogens with zero attached hydrogens (tertiary/aromatic N) is 6. The van der Waals surface area contributed by atoms with Crippen LogP contribution in [0.2, 0.25) is 0 Å². The van der Waals surface area contributed by atoms with Crippen molar-refractivity contribution in [3.63, 3.8) is 0 Å². The highest BCUT2D eigenvalue weighted by atomic mass is 15.1. The van der Waals surface area contributed by atoms with Crippen molar-refractivity contribution in [2.75, 3.05) is 24.7 Å². The number of benzene rings is 6. The van der Waals surface area contributed by atoms with Crippen LogP contribution in [0.3, 0.4) is 0 Å². The van der Waals surface area contributed by atoms with Gasteiger partial charge in [0.15, 0.2) is 0 Å². The highest BCUT2D eigenvalue weighted by molar-refractivity contribution is 6.01. The molecular formula is C34H28N8. The molecule has 0 aliphatic rings. The second-order valence-corrected chi connectivity index (χ2v) is 9.49. The van der Waals surface area contributed by atoms with Crippen molar-refractivity contribution < 1.29 is 0 Å². The zero-order valence-corrected chi connectivity index (χ0v) is 23.2. The summed E-state index contributed by atoms with van der Waals surface area (Å²) in [6.45, 7) is 0. The Bertz CT molecular complexity index is 1800. The van der Waals surface area contributed by atoms with E-state index in [-0.39, 0.29) is 0 Å². The molecule has 0 heterocycles. The number of fused-ring (bicyclic) bond motifs is 2. The highest BCUT2D eigenvalue weighted by Gasteiger charge is 2.05. The van der Waals surface area contributed by atoms with Crippen LogP contribution < -0.4 is 10.6 Å². The number of nitrogens with one attached hydrogen (secondary N) is 2. The molecule has 0 radical (unpaired) electrons. The number of anilines is 2. The van der Waals surface area contributed by atoms with E-state index in [1.54, 1.807) is 0 Å². The van der Waals surface area contributed by atoms with E-state index >= 15 is 0 Å². The quantitative estimate of drug-likeness (QED) is 0.185. The number of rotatable bonds is 8. The average molecular weight is 549 g/mol. The summed E-state index contributed by atoms with van der Waals surface area (Å²) in [5, 5.41) is 37.3. The van der Waals surface area contributed by atoms with Crippen LogP contribution in [0.1, 0.15) is 0 Å². The smallest absolute Gasteiger partial charge is 0.0936 e. The molecule has 0 aliphatic heterocycles. The average Bonchev–Trinajstić information content (AvgIpc) is 3.06. The molecule has 204 valence electrons. The fourth-order valence-corrected chi connectivity index (χ4v) is 4.69. The van der Waals surface area contributed by atoms with Gasteiger partial charge in [-0.2, -0.15) is 20.5 Å². The zero-order chi connectivity index (χ0) is 28.7. The molecule has 8 heteroatoms. The number of hydrogen-bond acceptors (Lipinski definition) is 8. The van der Waals surface area contributed by atoms with Gasteiger partial charge in [0.05, 0.1) is 34.1 Å². The number of azo groups is 3. The van der Waals surface area contributed by atoms with Crippen LogP contribution in [0, 0.1) is 0 Å². The summed E-state index contributed by atoms with van der Waals surface area (Å²) in [6.07, 6.45) is 0. The van der Waals surface area contributed by atoms with Gasteiger partial charge in [-0.1, -0.05) is 48.5 Å². The first-order valence-corrected chi connectivity index (χ1v) is 13.6. The summed E-state index contributed by atoms with van der Waals surface area (Å²) in [6, 6.07) is 39.2. The van der Waals surface area contributed by atoms with E-state index in [1.807, 2.05) is 123 Å².